The van der Waals surface area contributed by atoms with Gasteiger partial charge in [0.05, 0.1) is 0 Å². The number of likely N-dealkylation sites (N-methyl/N-ethyl adjacent to an activating group) is 1. The van der Waals surface area contributed by atoms with E-state index in [4.69, 9.17) is 0 Å². The maximum absolute atomic E-state index is 12.8. The summed E-state index contributed by atoms with van der Waals surface area (Å²) in [7, 11) is 1.81. The van der Waals surface area contributed by atoms with Crippen molar-refractivity contribution in [2.75, 3.05) is 46.3 Å². The van der Waals surface area contributed by atoms with E-state index in [-0.39, 0.29) is 11.7 Å². The Kier molecular flexibility index (Phi) is 5.90. The first-order valence-corrected chi connectivity index (χ1v) is 7.27. The van der Waals surface area contributed by atoms with E-state index in [9.17, 15) is 9.18 Å². The molecule has 1 aromatic rings. The molecule has 21 heavy (non-hydrogen) atoms. The molecule has 5 heteroatoms. The Morgan fingerprint density at radius 1 is 1.33 bits per heavy atom. The summed E-state index contributed by atoms with van der Waals surface area (Å²) in [6, 6.07) is 6.08. The van der Waals surface area contributed by atoms with E-state index in [0.717, 1.165) is 38.3 Å². The molecule has 0 radical (unpaired) electrons. The molecular weight excluding hydrogens is 269 g/mol. The average Bonchev–Trinajstić information content (AvgIpc) is 2.52. The highest BCUT2D eigenvalue weighted by Gasteiger charge is 2.11. The van der Waals surface area contributed by atoms with Crippen LogP contribution in [0.25, 0.3) is 6.08 Å². The quantitative estimate of drug-likeness (QED) is 0.828. The van der Waals surface area contributed by atoms with Crippen molar-refractivity contribution in [3.63, 3.8) is 0 Å². The minimum atomic E-state index is -0.272. The van der Waals surface area contributed by atoms with E-state index in [1.165, 1.54) is 18.2 Å². The summed E-state index contributed by atoms with van der Waals surface area (Å²) >= 11 is 0. The number of piperazine rings is 1. The van der Waals surface area contributed by atoms with Crippen molar-refractivity contribution < 1.29 is 9.18 Å². The largest absolute Gasteiger partial charge is 0.341 e. The Labute approximate surface area is 125 Å². The molecule has 114 valence electrons. The number of amides is 1. The SMILES string of the molecule is CN(CCN1CCNCC1)C(=O)C=Cc1ccc(F)cc1. The van der Waals surface area contributed by atoms with E-state index in [1.807, 2.05) is 0 Å². The highest BCUT2D eigenvalue weighted by molar-refractivity contribution is 5.91. The third-order valence-electron chi connectivity index (χ3n) is 3.63. The van der Waals surface area contributed by atoms with Crippen molar-refractivity contribution in [1.82, 2.24) is 15.1 Å². The van der Waals surface area contributed by atoms with Crippen LogP contribution in [0.15, 0.2) is 30.3 Å². The van der Waals surface area contributed by atoms with Crippen LogP contribution in [0.5, 0.6) is 0 Å². The first-order valence-electron chi connectivity index (χ1n) is 7.27. The monoisotopic (exact) mass is 291 g/mol. The molecule has 0 spiro atoms. The van der Waals surface area contributed by atoms with Crippen LogP contribution in [0.3, 0.4) is 0 Å². The lowest BCUT2D eigenvalue weighted by atomic mass is 10.2. The van der Waals surface area contributed by atoms with Gasteiger partial charge in [-0.2, -0.15) is 0 Å². The van der Waals surface area contributed by atoms with Gasteiger partial charge >= 0.3 is 0 Å². The summed E-state index contributed by atoms with van der Waals surface area (Å²) in [5.41, 5.74) is 0.820. The lowest BCUT2D eigenvalue weighted by Gasteiger charge is -2.28. The molecule has 2 rings (SSSR count). The minimum Gasteiger partial charge on any atom is -0.341 e. The topological polar surface area (TPSA) is 35.6 Å². The number of carbonyl (C=O) groups is 1. The van der Waals surface area contributed by atoms with E-state index in [1.54, 1.807) is 30.2 Å². The molecule has 4 nitrogen and oxygen atoms in total. The molecule has 1 saturated heterocycles. The highest BCUT2D eigenvalue weighted by Crippen LogP contribution is 2.05. The third-order valence-corrected chi connectivity index (χ3v) is 3.63. The van der Waals surface area contributed by atoms with Gasteiger partial charge in [-0.25, -0.2) is 4.39 Å². The van der Waals surface area contributed by atoms with Crippen molar-refractivity contribution in [3.05, 3.63) is 41.7 Å². The molecule has 0 aliphatic carbocycles. The molecule has 1 aliphatic rings. The first kappa shape index (κ1) is 15.7. The van der Waals surface area contributed by atoms with Gasteiger partial charge in [0, 0.05) is 52.4 Å². The molecule has 0 aromatic heterocycles. The van der Waals surface area contributed by atoms with Crippen molar-refractivity contribution in [2.45, 2.75) is 0 Å². The number of hydrogen-bond acceptors (Lipinski definition) is 3. The zero-order valence-corrected chi connectivity index (χ0v) is 12.4. The van der Waals surface area contributed by atoms with Crippen LogP contribution in [0.4, 0.5) is 4.39 Å². The van der Waals surface area contributed by atoms with Crippen molar-refractivity contribution in [1.29, 1.82) is 0 Å². The smallest absolute Gasteiger partial charge is 0.246 e. The standard InChI is InChI=1S/C16H22FN3O/c1-19(12-13-20-10-8-18-9-11-20)16(21)7-4-14-2-5-15(17)6-3-14/h2-7,18H,8-13H2,1H3. The summed E-state index contributed by atoms with van der Waals surface area (Å²) in [6.45, 7) is 5.71. The average molecular weight is 291 g/mol. The highest BCUT2D eigenvalue weighted by atomic mass is 19.1. The lowest BCUT2D eigenvalue weighted by Crippen LogP contribution is -2.46. The molecule has 0 saturated carbocycles. The number of rotatable bonds is 5. The zero-order chi connectivity index (χ0) is 15.1. The van der Waals surface area contributed by atoms with Crippen molar-refractivity contribution in [2.24, 2.45) is 0 Å². The molecular formula is C16H22FN3O. The van der Waals surface area contributed by atoms with Crippen LogP contribution in [0, 0.1) is 5.82 Å². The Morgan fingerprint density at radius 3 is 2.67 bits per heavy atom. The number of hydrogen-bond donors (Lipinski definition) is 1. The molecule has 1 aromatic carbocycles. The zero-order valence-electron chi connectivity index (χ0n) is 12.4. The second-order valence-corrected chi connectivity index (χ2v) is 5.24. The van der Waals surface area contributed by atoms with Gasteiger partial charge in [0.25, 0.3) is 0 Å². The van der Waals surface area contributed by atoms with E-state index >= 15 is 0 Å². The second kappa shape index (κ2) is 7.90. The fourth-order valence-corrected chi connectivity index (χ4v) is 2.21. The van der Waals surface area contributed by atoms with Crippen LogP contribution in [0.2, 0.25) is 0 Å². The minimum absolute atomic E-state index is 0.0329. The van der Waals surface area contributed by atoms with Gasteiger partial charge in [-0.3, -0.25) is 9.69 Å². The number of carbonyl (C=O) groups excluding carboxylic acids is 1. The molecule has 1 aliphatic heterocycles. The second-order valence-electron chi connectivity index (χ2n) is 5.24. The number of nitrogens with zero attached hydrogens (tertiary/aromatic N) is 2. The van der Waals surface area contributed by atoms with E-state index in [0.29, 0.717) is 6.54 Å². The number of nitrogens with one attached hydrogen (secondary N) is 1. The molecule has 1 amide bonds. The Hall–Kier alpha value is -1.72. The predicted molar refractivity (Wildman–Crippen MR) is 82.4 cm³/mol. The first-order chi connectivity index (χ1) is 10.1. The van der Waals surface area contributed by atoms with E-state index < -0.39 is 0 Å². The van der Waals surface area contributed by atoms with Crippen LogP contribution in [-0.4, -0.2) is 62.0 Å². The van der Waals surface area contributed by atoms with Gasteiger partial charge in [-0.1, -0.05) is 12.1 Å². The molecule has 1 heterocycles. The lowest BCUT2D eigenvalue weighted by molar-refractivity contribution is -0.124. The van der Waals surface area contributed by atoms with Crippen LogP contribution in [0.1, 0.15) is 5.56 Å². The Bertz CT molecular complexity index is 481. The summed E-state index contributed by atoms with van der Waals surface area (Å²) in [6.07, 6.45) is 3.24. The normalized spacial score (nSPS) is 16.3. The Morgan fingerprint density at radius 2 is 2.00 bits per heavy atom. The molecule has 0 unspecified atom stereocenters. The van der Waals surface area contributed by atoms with Crippen LogP contribution in [-0.2, 0) is 4.79 Å². The van der Waals surface area contributed by atoms with E-state index in [2.05, 4.69) is 10.2 Å². The number of benzene rings is 1. The summed E-state index contributed by atoms with van der Waals surface area (Å²) in [5, 5.41) is 3.31. The van der Waals surface area contributed by atoms with Gasteiger partial charge in [-0.05, 0) is 23.8 Å². The van der Waals surface area contributed by atoms with Crippen LogP contribution >= 0.6 is 0 Å². The van der Waals surface area contributed by atoms with Gasteiger partial charge in [0.2, 0.25) is 5.91 Å². The summed E-state index contributed by atoms with van der Waals surface area (Å²) in [4.78, 5) is 16.1. The van der Waals surface area contributed by atoms with Gasteiger partial charge < -0.3 is 10.2 Å². The van der Waals surface area contributed by atoms with Crippen molar-refractivity contribution >= 4 is 12.0 Å². The Balaban J connectivity index is 1.77. The summed E-state index contributed by atoms with van der Waals surface area (Å²) < 4.78 is 12.8. The predicted octanol–water partition coefficient (Wildman–Crippen LogP) is 1.20. The van der Waals surface area contributed by atoms with Gasteiger partial charge in [-0.15, -0.1) is 0 Å². The van der Waals surface area contributed by atoms with Crippen LogP contribution < -0.4 is 5.32 Å². The fraction of sp³-hybridized carbons (Fsp3) is 0.438. The fourth-order valence-electron chi connectivity index (χ4n) is 2.21. The van der Waals surface area contributed by atoms with Crippen molar-refractivity contribution in [3.8, 4) is 0 Å². The molecule has 0 bridgehead atoms. The van der Waals surface area contributed by atoms with Gasteiger partial charge in [0.1, 0.15) is 5.82 Å². The van der Waals surface area contributed by atoms with Gasteiger partial charge in [0.15, 0.2) is 0 Å². The maximum atomic E-state index is 12.8. The molecule has 1 fully saturated rings. The molecule has 0 atom stereocenters. The summed E-state index contributed by atoms with van der Waals surface area (Å²) in [5.74, 6) is -0.305. The number of halogens is 1. The third kappa shape index (κ3) is 5.28. The molecule has 1 N–H and O–H groups in total. The maximum Gasteiger partial charge on any atom is 0.246 e.